The molecule has 2 nitrogen and oxygen atoms in total. The molecule has 0 aromatic heterocycles. The molecule has 5 aliphatic rings. The molecule has 0 amide bonds. The van der Waals surface area contributed by atoms with Crippen LogP contribution in [0.15, 0.2) is 42.0 Å². The van der Waals surface area contributed by atoms with Crippen molar-refractivity contribution in [1.82, 2.24) is 0 Å². The molecule has 1 aromatic rings. The van der Waals surface area contributed by atoms with Crippen LogP contribution >= 0.6 is 0 Å². The van der Waals surface area contributed by atoms with Gasteiger partial charge in [-0.25, -0.2) is 0 Å². The lowest BCUT2D eigenvalue weighted by Gasteiger charge is -2.65. The maximum Gasteiger partial charge on any atom is 0.155 e. The van der Waals surface area contributed by atoms with Crippen LogP contribution < -0.4 is 0 Å². The number of carbonyl (C=O) groups excluding carboxylic acids is 1. The van der Waals surface area contributed by atoms with Gasteiger partial charge in [0.05, 0.1) is 5.60 Å². The standard InChI is InChI=1S/C30H38O2/c1-4-5-12-30(32)14-11-26-24-9-7-21-16-22(31)10-13-29(21)17-20-15-19(2)6-8-23(20)25(27(24)29)18-28(26,30)3/h5-6,8,12,15-16,24-27,32H,4,7,9-11,13-14,17-18H2,1-3H3/b12-5-/t24?,25-,26?,27?,28+,29-,30+/m1/s1. The van der Waals surface area contributed by atoms with Crippen LogP contribution in [0, 0.1) is 35.5 Å². The van der Waals surface area contributed by atoms with Gasteiger partial charge in [-0.15, -0.1) is 0 Å². The maximum absolute atomic E-state index is 12.4. The van der Waals surface area contributed by atoms with E-state index in [1.807, 2.05) is 0 Å². The number of ketones is 1. The molecule has 1 N–H and O–H groups in total. The summed E-state index contributed by atoms with van der Waals surface area (Å²) >= 11 is 0. The van der Waals surface area contributed by atoms with E-state index in [1.54, 1.807) is 5.56 Å². The molecule has 0 heterocycles. The molecule has 2 heteroatoms. The summed E-state index contributed by atoms with van der Waals surface area (Å²) in [5.41, 5.74) is 5.27. The van der Waals surface area contributed by atoms with Crippen molar-refractivity contribution in [2.45, 2.75) is 90.1 Å². The van der Waals surface area contributed by atoms with Crippen molar-refractivity contribution in [3.63, 3.8) is 0 Å². The fourth-order valence-electron chi connectivity index (χ4n) is 9.36. The second kappa shape index (κ2) is 6.92. The summed E-state index contributed by atoms with van der Waals surface area (Å²) in [6.07, 6.45) is 15.6. The second-order valence-corrected chi connectivity index (χ2v) is 12.0. The van der Waals surface area contributed by atoms with E-state index in [4.69, 9.17) is 0 Å². The number of fused-ring (bicyclic) bond motifs is 4. The third kappa shape index (κ3) is 2.59. The quantitative estimate of drug-likeness (QED) is 0.547. The highest BCUT2D eigenvalue weighted by Gasteiger charge is 2.67. The van der Waals surface area contributed by atoms with Crippen LogP contribution in [0.3, 0.4) is 0 Å². The number of aryl methyl sites for hydroxylation is 1. The smallest absolute Gasteiger partial charge is 0.155 e. The fraction of sp³-hybridized carbons (Fsp3) is 0.633. The van der Waals surface area contributed by atoms with Crippen LogP contribution in [0.4, 0.5) is 0 Å². The average molecular weight is 431 g/mol. The zero-order valence-corrected chi connectivity index (χ0v) is 20.0. The maximum atomic E-state index is 12.4. The predicted molar refractivity (Wildman–Crippen MR) is 128 cm³/mol. The average Bonchev–Trinajstić information content (AvgIpc) is 3.03. The van der Waals surface area contributed by atoms with Crippen LogP contribution in [-0.2, 0) is 11.2 Å². The lowest BCUT2D eigenvalue weighted by molar-refractivity contribution is -0.128. The summed E-state index contributed by atoms with van der Waals surface area (Å²) < 4.78 is 0. The Morgan fingerprint density at radius 2 is 2.03 bits per heavy atom. The third-order valence-electron chi connectivity index (χ3n) is 10.7. The molecular formula is C30H38O2. The Kier molecular flexibility index (Phi) is 4.52. The van der Waals surface area contributed by atoms with Gasteiger partial charge < -0.3 is 5.11 Å². The van der Waals surface area contributed by atoms with E-state index >= 15 is 0 Å². The van der Waals surface area contributed by atoms with Gasteiger partial charge in [-0.3, -0.25) is 4.79 Å². The van der Waals surface area contributed by atoms with E-state index in [2.05, 4.69) is 57.2 Å². The molecule has 0 radical (unpaired) electrons. The van der Waals surface area contributed by atoms with Crippen molar-refractivity contribution in [3.05, 3.63) is 58.7 Å². The van der Waals surface area contributed by atoms with Crippen LogP contribution in [0.2, 0.25) is 0 Å². The molecule has 1 spiro atoms. The van der Waals surface area contributed by atoms with Crippen LogP contribution in [-0.4, -0.2) is 16.5 Å². The van der Waals surface area contributed by atoms with E-state index < -0.39 is 5.60 Å². The molecule has 1 aromatic carbocycles. The normalized spacial score (nSPS) is 44.5. The van der Waals surface area contributed by atoms with Gasteiger partial charge in [0.25, 0.3) is 0 Å². The summed E-state index contributed by atoms with van der Waals surface area (Å²) in [5, 5.41) is 12.0. The van der Waals surface area contributed by atoms with E-state index in [0.29, 0.717) is 35.9 Å². The zero-order valence-electron chi connectivity index (χ0n) is 20.0. The zero-order chi connectivity index (χ0) is 22.3. The summed E-state index contributed by atoms with van der Waals surface area (Å²) in [4.78, 5) is 12.4. The van der Waals surface area contributed by atoms with Crippen LogP contribution in [0.5, 0.6) is 0 Å². The second-order valence-electron chi connectivity index (χ2n) is 12.0. The van der Waals surface area contributed by atoms with Crippen molar-refractivity contribution in [1.29, 1.82) is 0 Å². The Hall–Kier alpha value is -1.67. The number of carbonyl (C=O) groups is 1. The number of allylic oxidation sites excluding steroid dienone is 2. The molecule has 0 aliphatic heterocycles. The minimum atomic E-state index is -0.688. The Labute approximate surface area is 193 Å². The summed E-state index contributed by atoms with van der Waals surface area (Å²) in [7, 11) is 0. The van der Waals surface area contributed by atoms with Crippen LogP contribution in [0.25, 0.3) is 0 Å². The molecule has 6 rings (SSSR count). The van der Waals surface area contributed by atoms with Crippen molar-refractivity contribution >= 4 is 5.78 Å². The molecule has 3 saturated carbocycles. The molecule has 3 fully saturated rings. The number of rotatable bonds is 2. The molecule has 3 unspecified atom stereocenters. The molecule has 0 bridgehead atoms. The largest absolute Gasteiger partial charge is 0.385 e. The van der Waals surface area contributed by atoms with E-state index in [-0.39, 0.29) is 10.8 Å². The number of aliphatic hydroxyl groups is 1. The van der Waals surface area contributed by atoms with Gasteiger partial charge in [-0.2, -0.15) is 0 Å². The van der Waals surface area contributed by atoms with Gasteiger partial charge in [-0.1, -0.05) is 55.3 Å². The predicted octanol–water partition coefficient (Wildman–Crippen LogP) is 6.45. The lowest BCUT2D eigenvalue weighted by atomic mass is 9.39. The number of benzene rings is 1. The van der Waals surface area contributed by atoms with Gasteiger partial charge in [0.2, 0.25) is 0 Å². The topological polar surface area (TPSA) is 37.3 Å². The summed E-state index contributed by atoms with van der Waals surface area (Å²) in [5.74, 6) is 2.70. The highest BCUT2D eigenvalue weighted by Crippen LogP contribution is 2.73. The molecule has 32 heavy (non-hydrogen) atoms. The summed E-state index contributed by atoms with van der Waals surface area (Å²) in [6.45, 7) is 6.78. The van der Waals surface area contributed by atoms with Crippen molar-refractivity contribution in [2.24, 2.45) is 28.6 Å². The SMILES string of the molecule is CC/C=C\[C@]1(O)CCC2C3CCC4=CC(=O)CC[C@@]45Cc4cc(C)ccc4[C@@H](C[C@@]21C)C35. The van der Waals surface area contributed by atoms with Gasteiger partial charge >= 0.3 is 0 Å². The minimum Gasteiger partial charge on any atom is -0.385 e. The van der Waals surface area contributed by atoms with E-state index in [1.165, 1.54) is 23.1 Å². The summed E-state index contributed by atoms with van der Waals surface area (Å²) in [6, 6.07) is 7.12. The monoisotopic (exact) mass is 430 g/mol. The van der Waals surface area contributed by atoms with E-state index in [0.717, 1.165) is 44.9 Å². The number of hydrogen-bond donors (Lipinski definition) is 1. The Bertz CT molecular complexity index is 1030. The molecule has 5 aliphatic carbocycles. The number of hydrogen-bond acceptors (Lipinski definition) is 2. The van der Waals surface area contributed by atoms with Crippen molar-refractivity contribution < 1.29 is 9.90 Å². The first kappa shape index (κ1) is 20.9. The lowest BCUT2D eigenvalue weighted by Crippen LogP contribution is -2.59. The first-order valence-corrected chi connectivity index (χ1v) is 13.0. The molecular weight excluding hydrogens is 392 g/mol. The molecule has 7 atom stereocenters. The first-order chi connectivity index (χ1) is 15.3. The molecule has 0 saturated heterocycles. The highest BCUT2D eigenvalue weighted by atomic mass is 16.3. The Morgan fingerprint density at radius 1 is 1.19 bits per heavy atom. The van der Waals surface area contributed by atoms with Crippen molar-refractivity contribution in [2.75, 3.05) is 0 Å². The Morgan fingerprint density at radius 3 is 2.84 bits per heavy atom. The highest BCUT2D eigenvalue weighted by molar-refractivity contribution is 5.91. The minimum absolute atomic E-state index is 0.0725. The van der Waals surface area contributed by atoms with Crippen molar-refractivity contribution in [3.8, 4) is 0 Å². The third-order valence-corrected chi connectivity index (χ3v) is 10.7. The van der Waals surface area contributed by atoms with Gasteiger partial charge in [0.1, 0.15) is 0 Å². The van der Waals surface area contributed by atoms with Gasteiger partial charge in [0.15, 0.2) is 5.78 Å². The first-order valence-electron chi connectivity index (χ1n) is 13.0. The van der Waals surface area contributed by atoms with Gasteiger partial charge in [0, 0.05) is 11.8 Å². The Balaban J connectivity index is 1.54. The van der Waals surface area contributed by atoms with Gasteiger partial charge in [-0.05, 0) is 105 Å². The van der Waals surface area contributed by atoms with E-state index in [9.17, 15) is 9.90 Å². The van der Waals surface area contributed by atoms with Crippen LogP contribution in [0.1, 0.15) is 87.8 Å². The fourth-order valence-corrected chi connectivity index (χ4v) is 9.36. The molecule has 170 valence electrons.